The summed E-state index contributed by atoms with van der Waals surface area (Å²) in [5.74, 6) is -0.653. The van der Waals surface area contributed by atoms with E-state index in [0.717, 1.165) is 29.9 Å². The molecule has 64 valence electrons. The maximum absolute atomic E-state index is 10.4. The van der Waals surface area contributed by atoms with Crippen molar-refractivity contribution in [2.45, 2.75) is 25.2 Å². The molecule has 1 fully saturated rings. The van der Waals surface area contributed by atoms with Crippen LogP contribution >= 0.6 is 11.3 Å². The van der Waals surface area contributed by atoms with Crippen LogP contribution in [0.1, 0.15) is 40.7 Å². The zero-order valence-corrected chi connectivity index (χ0v) is 8.26. The molecule has 1 saturated carbocycles. The first-order chi connectivity index (χ1) is 5.77. The Morgan fingerprint density at radius 3 is 2.69 bits per heavy atom. The summed E-state index contributed by atoms with van der Waals surface area (Å²) in [4.78, 5) is 14.4. The predicted octanol–water partition coefficient (Wildman–Crippen LogP) is -2.22. The number of nitrogens with zero attached hydrogens (tertiary/aromatic N) is 1. The number of aromatic carboxylic acids is 1. The third-order valence-electron chi connectivity index (χ3n) is 2.22. The maximum Gasteiger partial charge on any atom is 1.00 e. The van der Waals surface area contributed by atoms with E-state index in [2.05, 4.69) is 4.98 Å². The second kappa shape index (κ2) is 4.27. The summed E-state index contributed by atoms with van der Waals surface area (Å²) in [6.45, 7) is 0. The van der Waals surface area contributed by atoms with Gasteiger partial charge >= 0.3 is 18.9 Å². The SMILES string of the molecule is O=C([O-])c1nc(C2CCC2)cs1.[Li+]. The van der Waals surface area contributed by atoms with Crippen LogP contribution in [0.4, 0.5) is 0 Å². The number of carbonyl (C=O) groups is 1. The van der Waals surface area contributed by atoms with Crippen molar-refractivity contribution in [2.75, 3.05) is 0 Å². The fourth-order valence-corrected chi connectivity index (χ4v) is 2.00. The van der Waals surface area contributed by atoms with Crippen molar-refractivity contribution in [2.24, 2.45) is 0 Å². The van der Waals surface area contributed by atoms with Gasteiger partial charge in [0.25, 0.3) is 0 Å². The van der Waals surface area contributed by atoms with Crippen LogP contribution in [-0.2, 0) is 0 Å². The standard InChI is InChI=1S/C8H9NO2S.Li/c10-8(11)7-9-6(4-12-7)5-2-1-3-5;/h4-5H,1-3H2,(H,10,11);/q;+1/p-1. The monoisotopic (exact) mass is 189 g/mol. The number of carboxylic acid groups (broad SMARTS) is 1. The van der Waals surface area contributed by atoms with Crippen LogP contribution in [0.3, 0.4) is 0 Å². The molecule has 0 aromatic carbocycles. The van der Waals surface area contributed by atoms with Crippen LogP contribution in [0.25, 0.3) is 0 Å². The van der Waals surface area contributed by atoms with E-state index in [4.69, 9.17) is 0 Å². The van der Waals surface area contributed by atoms with E-state index in [9.17, 15) is 9.90 Å². The van der Waals surface area contributed by atoms with Crippen LogP contribution in [-0.4, -0.2) is 11.0 Å². The molecule has 1 heterocycles. The number of hydrogen-bond acceptors (Lipinski definition) is 4. The summed E-state index contributed by atoms with van der Waals surface area (Å²) in [5.41, 5.74) is 0.936. The second-order valence-electron chi connectivity index (χ2n) is 2.99. The molecule has 0 N–H and O–H groups in total. The molecule has 0 radical (unpaired) electrons. The van der Waals surface area contributed by atoms with E-state index >= 15 is 0 Å². The molecule has 1 aliphatic carbocycles. The Balaban J connectivity index is 0.000000845. The number of carboxylic acids is 1. The molecule has 13 heavy (non-hydrogen) atoms. The van der Waals surface area contributed by atoms with Gasteiger partial charge in [0, 0.05) is 11.3 Å². The molecular weight excluding hydrogens is 181 g/mol. The average Bonchev–Trinajstić information content (AvgIpc) is 2.32. The maximum atomic E-state index is 10.4. The zero-order chi connectivity index (χ0) is 8.55. The first-order valence-electron chi connectivity index (χ1n) is 3.94. The van der Waals surface area contributed by atoms with Gasteiger partial charge in [-0.3, -0.25) is 0 Å². The fourth-order valence-electron chi connectivity index (χ4n) is 1.27. The molecule has 0 amide bonds. The van der Waals surface area contributed by atoms with Crippen LogP contribution in [0, 0.1) is 0 Å². The van der Waals surface area contributed by atoms with Crippen molar-refractivity contribution in [3.63, 3.8) is 0 Å². The van der Waals surface area contributed by atoms with Crippen molar-refractivity contribution >= 4 is 17.3 Å². The van der Waals surface area contributed by atoms with Crippen LogP contribution in [0.2, 0.25) is 0 Å². The first kappa shape index (κ1) is 10.8. The van der Waals surface area contributed by atoms with Crippen LogP contribution < -0.4 is 24.0 Å². The number of aromatic nitrogens is 1. The van der Waals surface area contributed by atoms with Crippen LogP contribution in [0.5, 0.6) is 0 Å². The second-order valence-corrected chi connectivity index (χ2v) is 3.85. The number of rotatable bonds is 2. The third kappa shape index (κ3) is 2.14. The summed E-state index contributed by atoms with van der Waals surface area (Å²) in [6.07, 6.45) is 3.54. The molecular formula is C8H8LiNO2S. The summed E-state index contributed by atoms with van der Waals surface area (Å²) in [7, 11) is 0. The first-order valence-corrected chi connectivity index (χ1v) is 4.82. The van der Waals surface area contributed by atoms with E-state index < -0.39 is 5.97 Å². The van der Waals surface area contributed by atoms with Crippen molar-refractivity contribution in [3.05, 3.63) is 16.1 Å². The van der Waals surface area contributed by atoms with E-state index in [1.807, 2.05) is 5.38 Å². The molecule has 5 heteroatoms. The van der Waals surface area contributed by atoms with E-state index in [1.54, 1.807) is 0 Å². The molecule has 0 saturated heterocycles. The minimum absolute atomic E-state index is 0. The quantitative estimate of drug-likeness (QED) is 0.495. The van der Waals surface area contributed by atoms with Gasteiger partial charge in [-0.05, 0) is 12.8 Å². The van der Waals surface area contributed by atoms with Gasteiger partial charge in [0.2, 0.25) is 0 Å². The van der Waals surface area contributed by atoms with Crippen molar-refractivity contribution in [3.8, 4) is 0 Å². The van der Waals surface area contributed by atoms with Gasteiger partial charge in [0.15, 0.2) is 0 Å². The van der Waals surface area contributed by atoms with E-state index in [-0.39, 0.29) is 23.9 Å². The van der Waals surface area contributed by atoms with Gasteiger partial charge in [-0.25, -0.2) is 4.98 Å². The van der Waals surface area contributed by atoms with Crippen LogP contribution in [0.15, 0.2) is 5.38 Å². The Labute approximate surface area is 92.4 Å². The Morgan fingerprint density at radius 2 is 2.31 bits per heavy atom. The molecule has 0 spiro atoms. The Bertz CT molecular complexity index is 309. The molecule has 1 aliphatic rings. The van der Waals surface area contributed by atoms with Crippen molar-refractivity contribution < 1.29 is 28.8 Å². The molecule has 3 nitrogen and oxygen atoms in total. The number of carbonyl (C=O) groups excluding carboxylic acids is 1. The normalized spacial score (nSPS) is 16.0. The van der Waals surface area contributed by atoms with Gasteiger partial charge in [0.1, 0.15) is 11.0 Å². The molecule has 0 atom stereocenters. The molecule has 1 aromatic rings. The summed E-state index contributed by atoms with van der Waals surface area (Å²) in [5, 5.41) is 12.3. The molecule has 0 unspecified atom stereocenters. The van der Waals surface area contributed by atoms with Crippen molar-refractivity contribution in [1.82, 2.24) is 4.98 Å². The Morgan fingerprint density at radius 1 is 1.62 bits per heavy atom. The van der Waals surface area contributed by atoms with Gasteiger partial charge in [0.05, 0.1) is 5.69 Å². The number of hydrogen-bond donors (Lipinski definition) is 0. The van der Waals surface area contributed by atoms with Crippen molar-refractivity contribution in [1.29, 1.82) is 0 Å². The van der Waals surface area contributed by atoms with Gasteiger partial charge in [-0.1, -0.05) is 6.42 Å². The van der Waals surface area contributed by atoms with Gasteiger partial charge < -0.3 is 9.90 Å². The summed E-state index contributed by atoms with van der Waals surface area (Å²) >= 11 is 1.16. The summed E-state index contributed by atoms with van der Waals surface area (Å²) in [6, 6.07) is 0. The molecule has 1 aromatic heterocycles. The van der Waals surface area contributed by atoms with Gasteiger partial charge in [-0.2, -0.15) is 0 Å². The fraction of sp³-hybridized carbons (Fsp3) is 0.500. The Kier molecular flexibility index (Phi) is 3.54. The molecule has 0 bridgehead atoms. The van der Waals surface area contributed by atoms with E-state index in [1.165, 1.54) is 6.42 Å². The minimum Gasteiger partial charge on any atom is -0.542 e. The molecule has 2 rings (SSSR count). The topological polar surface area (TPSA) is 53.0 Å². The smallest absolute Gasteiger partial charge is 0.542 e. The Hall–Kier alpha value is -0.303. The number of thiazole rings is 1. The zero-order valence-electron chi connectivity index (χ0n) is 7.45. The van der Waals surface area contributed by atoms with Gasteiger partial charge in [-0.15, -0.1) is 11.3 Å². The largest absolute Gasteiger partial charge is 1.00 e. The average molecular weight is 189 g/mol. The molecule has 0 aliphatic heterocycles. The predicted molar refractivity (Wildman–Crippen MR) is 43.0 cm³/mol. The third-order valence-corrected chi connectivity index (χ3v) is 3.06. The summed E-state index contributed by atoms with van der Waals surface area (Å²) < 4.78 is 0. The van der Waals surface area contributed by atoms with E-state index in [0.29, 0.717) is 5.92 Å². The minimum atomic E-state index is -1.16.